The zero-order valence-electron chi connectivity index (χ0n) is 7.82. The van der Waals surface area contributed by atoms with E-state index in [0.717, 1.165) is 12.8 Å². The number of rotatable bonds is 3. The second kappa shape index (κ2) is 4.80. The standard InChI is InChI=1S/C10H20FN/c11-8-7-10(9-12)5-3-1-2-4-6-10/h1-9,12H2. The molecule has 12 heavy (non-hydrogen) atoms. The van der Waals surface area contributed by atoms with E-state index >= 15 is 0 Å². The molecule has 0 radical (unpaired) electrons. The lowest BCUT2D eigenvalue weighted by Gasteiger charge is -2.30. The molecular weight excluding hydrogens is 153 g/mol. The summed E-state index contributed by atoms with van der Waals surface area (Å²) in [4.78, 5) is 0. The molecule has 0 unspecified atom stereocenters. The van der Waals surface area contributed by atoms with E-state index < -0.39 is 0 Å². The minimum Gasteiger partial charge on any atom is -0.330 e. The fourth-order valence-corrected chi connectivity index (χ4v) is 2.24. The van der Waals surface area contributed by atoms with Crippen molar-refractivity contribution in [2.24, 2.45) is 11.1 Å². The van der Waals surface area contributed by atoms with E-state index in [2.05, 4.69) is 0 Å². The van der Waals surface area contributed by atoms with Crippen LogP contribution in [0.3, 0.4) is 0 Å². The van der Waals surface area contributed by atoms with Crippen molar-refractivity contribution in [3.63, 3.8) is 0 Å². The summed E-state index contributed by atoms with van der Waals surface area (Å²) < 4.78 is 12.3. The monoisotopic (exact) mass is 173 g/mol. The number of alkyl halides is 1. The molecular formula is C10H20FN. The van der Waals surface area contributed by atoms with Gasteiger partial charge in [0.15, 0.2) is 0 Å². The minimum absolute atomic E-state index is 0.158. The topological polar surface area (TPSA) is 26.0 Å². The Labute approximate surface area is 74.5 Å². The summed E-state index contributed by atoms with van der Waals surface area (Å²) >= 11 is 0. The first-order valence-electron chi connectivity index (χ1n) is 5.09. The Morgan fingerprint density at radius 2 is 1.67 bits per heavy atom. The summed E-state index contributed by atoms with van der Waals surface area (Å²) in [5.41, 5.74) is 5.89. The third kappa shape index (κ3) is 2.44. The molecule has 0 aromatic carbocycles. The number of hydrogen-bond donors (Lipinski definition) is 1. The van der Waals surface area contributed by atoms with Crippen LogP contribution in [0.4, 0.5) is 4.39 Å². The smallest absolute Gasteiger partial charge is 0.0900 e. The molecule has 0 aliphatic heterocycles. The van der Waals surface area contributed by atoms with Crippen LogP contribution in [0.25, 0.3) is 0 Å². The van der Waals surface area contributed by atoms with Gasteiger partial charge in [0.2, 0.25) is 0 Å². The van der Waals surface area contributed by atoms with Crippen LogP contribution in [-0.4, -0.2) is 13.2 Å². The van der Waals surface area contributed by atoms with Crippen molar-refractivity contribution in [3.8, 4) is 0 Å². The lowest BCUT2D eigenvalue weighted by molar-refractivity contribution is 0.209. The van der Waals surface area contributed by atoms with Gasteiger partial charge in [0.1, 0.15) is 0 Å². The van der Waals surface area contributed by atoms with Gasteiger partial charge in [-0.3, -0.25) is 4.39 Å². The van der Waals surface area contributed by atoms with Gasteiger partial charge < -0.3 is 5.73 Å². The second-order valence-corrected chi connectivity index (χ2v) is 4.06. The van der Waals surface area contributed by atoms with Gasteiger partial charge in [-0.2, -0.15) is 0 Å². The third-order valence-corrected chi connectivity index (χ3v) is 3.22. The zero-order valence-corrected chi connectivity index (χ0v) is 7.82. The molecule has 0 spiro atoms. The first-order valence-corrected chi connectivity index (χ1v) is 5.09. The molecule has 1 aliphatic carbocycles. The van der Waals surface area contributed by atoms with Gasteiger partial charge in [-0.25, -0.2) is 0 Å². The summed E-state index contributed by atoms with van der Waals surface area (Å²) in [6.07, 6.45) is 8.10. The van der Waals surface area contributed by atoms with Crippen LogP contribution in [0.15, 0.2) is 0 Å². The Morgan fingerprint density at radius 3 is 2.08 bits per heavy atom. The first-order chi connectivity index (χ1) is 5.83. The van der Waals surface area contributed by atoms with Gasteiger partial charge in [0.05, 0.1) is 6.67 Å². The summed E-state index contributed by atoms with van der Waals surface area (Å²) in [6, 6.07) is 0. The number of nitrogens with two attached hydrogens (primary N) is 1. The molecule has 1 rings (SSSR count). The molecule has 2 heteroatoms. The zero-order chi connectivity index (χ0) is 8.86. The Bertz CT molecular complexity index is 117. The van der Waals surface area contributed by atoms with Crippen molar-refractivity contribution >= 4 is 0 Å². The molecule has 72 valence electrons. The van der Waals surface area contributed by atoms with Crippen molar-refractivity contribution < 1.29 is 4.39 Å². The lowest BCUT2D eigenvalue weighted by Crippen LogP contribution is -2.30. The molecule has 1 nitrogen and oxygen atoms in total. The molecule has 0 aromatic heterocycles. The predicted molar refractivity (Wildman–Crippen MR) is 49.8 cm³/mol. The molecule has 1 fully saturated rings. The fraction of sp³-hybridized carbons (Fsp3) is 1.00. The average Bonchev–Trinajstić information content (AvgIpc) is 2.32. The number of halogens is 1. The van der Waals surface area contributed by atoms with Crippen LogP contribution in [0, 0.1) is 5.41 Å². The van der Waals surface area contributed by atoms with E-state index in [1.165, 1.54) is 25.7 Å². The van der Waals surface area contributed by atoms with Crippen molar-refractivity contribution in [3.05, 3.63) is 0 Å². The molecule has 0 saturated heterocycles. The molecule has 1 aliphatic rings. The Balaban J connectivity index is 2.48. The van der Waals surface area contributed by atoms with E-state index in [-0.39, 0.29) is 12.1 Å². The Morgan fingerprint density at radius 1 is 1.08 bits per heavy atom. The maximum atomic E-state index is 12.3. The van der Waals surface area contributed by atoms with E-state index in [9.17, 15) is 4.39 Å². The highest BCUT2D eigenvalue weighted by Crippen LogP contribution is 2.36. The van der Waals surface area contributed by atoms with Crippen molar-refractivity contribution in [2.75, 3.05) is 13.2 Å². The van der Waals surface area contributed by atoms with E-state index in [1.807, 2.05) is 0 Å². The highest BCUT2D eigenvalue weighted by molar-refractivity contribution is 4.82. The van der Waals surface area contributed by atoms with Crippen LogP contribution in [0.1, 0.15) is 44.9 Å². The van der Waals surface area contributed by atoms with Gasteiger partial charge >= 0.3 is 0 Å². The molecule has 0 atom stereocenters. The lowest BCUT2D eigenvalue weighted by atomic mass is 9.78. The fourth-order valence-electron chi connectivity index (χ4n) is 2.24. The minimum atomic E-state index is -0.197. The normalized spacial score (nSPS) is 23.5. The summed E-state index contributed by atoms with van der Waals surface area (Å²) in [5.74, 6) is 0. The molecule has 0 bridgehead atoms. The van der Waals surface area contributed by atoms with Gasteiger partial charge in [0.25, 0.3) is 0 Å². The second-order valence-electron chi connectivity index (χ2n) is 4.06. The molecule has 2 N–H and O–H groups in total. The SMILES string of the molecule is NCC1(CCF)CCCCCC1. The van der Waals surface area contributed by atoms with Crippen LogP contribution in [0.5, 0.6) is 0 Å². The predicted octanol–water partition coefficient (Wildman–Crippen LogP) is 2.65. The van der Waals surface area contributed by atoms with E-state index in [1.54, 1.807) is 0 Å². The van der Waals surface area contributed by atoms with Gasteiger partial charge in [-0.15, -0.1) is 0 Å². The Hall–Kier alpha value is -0.110. The average molecular weight is 173 g/mol. The van der Waals surface area contributed by atoms with Gasteiger partial charge in [-0.1, -0.05) is 25.7 Å². The highest BCUT2D eigenvalue weighted by Gasteiger charge is 2.28. The largest absolute Gasteiger partial charge is 0.330 e. The molecule has 0 aromatic rings. The quantitative estimate of drug-likeness (QED) is 0.652. The number of hydrogen-bond acceptors (Lipinski definition) is 1. The van der Waals surface area contributed by atoms with Crippen LogP contribution < -0.4 is 5.73 Å². The van der Waals surface area contributed by atoms with E-state index in [0.29, 0.717) is 13.0 Å². The van der Waals surface area contributed by atoms with Gasteiger partial charge in [0, 0.05) is 0 Å². The van der Waals surface area contributed by atoms with E-state index in [4.69, 9.17) is 5.73 Å². The van der Waals surface area contributed by atoms with Crippen molar-refractivity contribution in [2.45, 2.75) is 44.9 Å². The highest BCUT2D eigenvalue weighted by atomic mass is 19.1. The van der Waals surface area contributed by atoms with Gasteiger partial charge in [-0.05, 0) is 31.2 Å². The van der Waals surface area contributed by atoms with Crippen LogP contribution in [0.2, 0.25) is 0 Å². The summed E-state index contributed by atoms with van der Waals surface area (Å²) in [7, 11) is 0. The first kappa shape index (κ1) is 9.97. The molecule has 1 saturated carbocycles. The molecule has 0 amide bonds. The molecule has 0 heterocycles. The van der Waals surface area contributed by atoms with Crippen LogP contribution >= 0.6 is 0 Å². The maximum absolute atomic E-state index is 12.3. The third-order valence-electron chi connectivity index (χ3n) is 3.22. The summed E-state index contributed by atoms with van der Waals surface area (Å²) in [5, 5.41) is 0. The van der Waals surface area contributed by atoms with Crippen molar-refractivity contribution in [1.82, 2.24) is 0 Å². The van der Waals surface area contributed by atoms with Crippen molar-refractivity contribution in [1.29, 1.82) is 0 Å². The van der Waals surface area contributed by atoms with Crippen LogP contribution in [-0.2, 0) is 0 Å². The summed E-state index contributed by atoms with van der Waals surface area (Å²) in [6.45, 7) is 0.480. The Kier molecular flexibility index (Phi) is 3.99. The maximum Gasteiger partial charge on any atom is 0.0900 e.